The molecule has 5 heterocycles. The number of hydrogen-bond donors (Lipinski definition) is 1. The summed E-state index contributed by atoms with van der Waals surface area (Å²) < 4.78 is 1.69. The molecule has 2 saturated heterocycles. The lowest BCUT2D eigenvalue weighted by atomic mass is 10.0. The molecule has 1 N–H and O–H groups in total. The first kappa shape index (κ1) is 30.5. The third-order valence-corrected chi connectivity index (χ3v) is 7.55. The average molecular weight is 554 g/mol. The second kappa shape index (κ2) is 14.9. The zero-order chi connectivity index (χ0) is 29.2. The Hall–Kier alpha value is -3.50. The van der Waals surface area contributed by atoms with Crippen LogP contribution >= 0.6 is 0 Å². The summed E-state index contributed by atoms with van der Waals surface area (Å²) in [6, 6.07) is 15.0. The number of nitrogens with zero attached hydrogens (tertiary/aromatic N) is 8. The maximum absolute atomic E-state index is 6.22. The van der Waals surface area contributed by atoms with E-state index in [0.29, 0.717) is 35.6 Å². The Morgan fingerprint density at radius 2 is 1.59 bits per heavy atom. The zero-order valence-electron chi connectivity index (χ0n) is 25.3. The fourth-order valence-electron chi connectivity index (χ4n) is 5.27. The highest BCUT2D eigenvalue weighted by molar-refractivity contribution is 6.36. The molecule has 0 atom stereocenters. The van der Waals surface area contributed by atoms with E-state index in [2.05, 4.69) is 61.4 Å². The molecule has 6 rings (SSSR count). The van der Waals surface area contributed by atoms with Gasteiger partial charge in [0.25, 0.3) is 0 Å². The van der Waals surface area contributed by atoms with Gasteiger partial charge in [-0.25, -0.2) is 0 Å². The minimum Gasteiger partial charge on any atom is -0.350 e. The first-order valence-corrected chi connectivity index (χ1v) is 15.1. The van der Waals surface area contributed by atoms with Gasteiger partial charge in [-0.15, -0.1) is 0 Å². The third kappa shape index (κ3) is 7.43. The minimum atomic E-state index is 0.554. The molecule has 0 bridgehead atoms. The van der Waals surface area contributed by atoms with Crippen molar-refractivity contribution in [2.45, 2.75) is 53.1 Å². The Bertz CT molecular complexity index is 1330. The SMILES string of the molecule is CC.CC.[B]c1cnn2c(NCc3ccc(-c4ccccn4)cc3)nc(N3CCC(N4CCN(C)CC4)CC3)nc12. The molecule has 0 spiro atoms. The smallest absolute Gasteiger partial charge is 0.230 e. The number of piperazine rings is 1. The molecular formula is C31H44BN9. The number of benzene rings is 1. The van der Waals surface area contributed by atoms with Gasteiger partial charge in [-0.2, -0.15) is 19.6 Å². The Balaban J connectivity index is 0.000000929. The number of hydrogen-bond acceptors (Lipinski definition) is 8. The summed E-state index contributed by atoms with van der Waals surface area (Å²) >= 11 is 0. The fourth-order valence-corrected chi connectivity index (χ4v) is 5.27. The van der Waals surface area contributed by atoms with Crippen molar-refractivity contribution < 1.29 is 0 Å². The van der Waals surface area contributed by atoms with Gasteiger partial charge in [0.2, 0.25) is 11.9 Å². The van der Waals surface area contributed by atoms with E-state index >= 15 is 0 Å². The molecule has 41 heavy (non-hydrogen) atoms. The van der Waals surface area contributed by atoms with Crippen LogP contribution in [0.4, 0.5) is 11.9 Å². The summed E-state index contributed by atoms with van der Waals surface area (Å²) in [6.07, 6.45) is 5.70. The molecule has 9 nitrogen and oxygen atoms in total. The Kier molecular flexibility index (Phi) is 11.1. The minimum absolute atomic E-state index is 0.554. The van der Waals surface area contributed by atoms with Crippen LogP contribution in [0.2, 0.25) is 0 Å². The molecular weight excluding hydrogens is 509 g/mol. The van der Waals surface area contributed by atoms with Crippen molar-refractivity contribution >= 4 is 30.9 Å². The molecule has 1 aromatic carbocycles. The Labute approximate surface area is 246 Å². The van der Waals surface area contributed by atoms with Crippen LogP contribution in [0, 0.1) is 0 Å². The van der Waals surface area contributed by atoms with Crippen LogP contribution in [0.15, 0.2) is 54.9 Å². The van der Waals surface area contributed by atoms with E-state index in [9.17, 15) is 0 Å². The molecule has 2 aliphatic heterocycles. The summed E-state index contributed by atoms with van der Waals surface area (Å²) in [7, 11) is 8.42. The number of nitrogens with one attached hydrogen (secondary N) is 1. The van der Waals surface area contributed by atoms with Gasteiger partial charge in [0.15, 0.2) is 5.65 Å². The molecule has 2 aliphatic rings. The highest BCUT2D eigenvalue weighted by Crippen LogP contribution is 2.23. The van der Waals surface area contributed by atoms with E-state index in [-0.39, 0.29) is 0 Å². The number of rotatable bonds is 6. The second-order valence-electron chi connectivity index (χ2n) is 10.0. The van der Waals surface area contributed by atoms with E-state index in [4.69, 9.17) is 17.8 Å². The second-order valence-corrected chi connectivity index (χ2v) is 10.0. The summed E-state index contributed by atoms with van der Waals surface area (Å²) in [5.74, 6) is 1.36. The van der Waals surface area contributed by atoms with Crippen LogP contribution < -0.4 is 15.7 Å². The predicted molar refractivity (Wildman–Crippen MR) is 170 cm³/mol. The van der Waals surface area contributed by atoms with Gasteiger partial charge in [0.05, 0.1) is 5.69 Å². The first-order valence-electron chi connectivity index (χ1n) is 15.1. The highest BCUT2D eigenvalue weighted by Gasteiger charge is 2.28. The lowest BCUT2D eigenvalue weighted by Crippen LogP contribution is -2.52. The predicted octanol–water partition coefficient (Wildman–Crippen LogP) is 3.86. The molecule has 216 valence electrons. The monoisotopic (exact) mass is 553 g/mol. The zero-order valence-corrected chi connectivity index (χ0v) is 25.3. The van der Waals surface area contributed by atoms with Crippen LogP contribution in [-0.2, 0) is 6.54 Å². The molecule has 2 radical (unpaired) electrons. The van der Waals surface area contributed by atoms with E-state index in [1.165, 1.54) is 0 Å². The number of fused-ring (bicyclic) bond motifs is 1. The van der Waals surface area contributed by atoms with Crippen molar-refractivity contribution in [3.05, 3.63) is 60.4 Å². The lowest BCUT2D eigenvalue weighted by Gasteiger charge is -2.42. The number of piperidine rings is 1. The van der Waals surface area contributed by atoms with Crippen LogP contribution in [0.25, 0.3) is 16.9 Å². The molecule has 0 aliphatic carbocycles. The number of pyridine rings is 1. The van der Waals surface area contributed by atoms with Crippen molar-refractivity contribution in [1.82, 2.24) is 34.4 Å². The standard InChI is InChI=1S/C27H32BN9.2C2H6/c1-34-14-16-35(17-15-34)22-9-12-36(13-10-22)27-32-25-23(28)19-31-37(25)26(33-27)30-18-20-5-7-21(8-6-20)24-4-2-3-11-29-24;2*1-2/h2-8,11,19,22H,9-10,12-18H2,1H3,(H,30,32,33);2*1-2H3. The molecule has 0 unspecified atom stereocenters. The molecule has 3 aromatic heterocycles. The first-order chi connectivity index (χ1) is 20.1. The lowest BCUT2D eigenvalue weighted by molar-refractivity contribution is 0.0980. The maximum Gasteiger partial charge on any atom is 0.230 e. The largest absolute Gasteiger partial charge is 0.350 e. The van der Waals surface area contributed by atoms with Crippen LogP contribution in [-0.4, -0.2) is 94.6 Å². The van der Waals surface area contributed by atoms with Gasteiger partial charge in [-0.1, -0.05) is 58.0 Å². The summed E-state index contributed by atoms with van der Waals surface area (Å²) in [5, 5.41) is 7.88. The fraction of sp³-hybridized carbons (Fsp3) is 0.484. The van der Waals surface area contributed by atoms with E-state index < -0.39 is 0 Å². The third-order valence-electron chi connectivity index (χ3n) is 7.55. The quantitative estimate of drug-likeness (QED) is 0.361. The molecule has 0 saturated carbocycles. The van der Waals surface area contributed by atoms with Gasteiger partial charge >= 0.3 is 0 Å². The van der Waals surface area contributed by atoms with Gasteiger partial charge in [-0.3, -0.25) is 9.88 Å². The summed E-state index contributed by atoms with van der Waals surface area (Å²) in [5.41, 5.74) is 4.39. The summed E-state index contributed by atoms with van der Waals surface area (Å²) in [6.45, 7) is 15.1. The van der Waals surface area contributed by atoms with Crippen molar-refractivity contribution in [2.75, 3.05) is 56.5 Å². The van der Waals surface area contributed by atoms with Crippen LogP contribution in [0.5, 0.6) is 0 Å². The van der Waals surface area contributed by atoms with Crippen LogP contribution in [0.1, 0.15) is 46.1 Å². The van der Waals surface area contributed by atoms with E-state index in [0.717, 1.165) is 68.9 Å². The van der Waals surface area contributed by atoms with Gasteiger partial charge in [0, 0.05) is 69.8 Å². The van der Waals surface area contributed by atoms with Crippen molar-refractivity contribution in [3.63, 3.8) is 0 Å². The molecule has 4 aromatic rings. The van der Waals surface area contributed by atoms with E-state index in [1.54, 1.807) is 10.7 Å². The van der Waals surface area contributed by atoms with Gasteiger partial charge in [0.1, 0.15) is 7.85 Å². The van der Waals surface area contributed by atoms with E-state index in [1.807, 2.05) is 52.1 Å². The number of anilines is 2. The normalized spacial score (nSPS) is 16.5. The molecule has 10 heteroatoms. The van der Waals surface area contributed by atoms with Crippen LogP contribution in [0.3, 0.4) is 0 Å². The Morgan fingerprint density at radius 1 is 0.878 bits per heavy atom. The van der Waals surface area contributed by atoms with Crippen molar-refractivity contribution in [1.29, 1.82) is 0 Å². The molecule has 0 amide bonds. The summed E-state index contributed by atoms with van der Waals surface area (Å²) in [4.78, 5) is 21.5. The maximum atomic E-state index is 6.22. The van der Waals surface area contributed by atoms with Crippen molar-refractivity contribution in [3.8, 4) is 11.3 Å². The topological polar surface area (TPSA) is 77.7 Å². The molecule has 2 fully saturated rings. The Morgan fingerprint density at radius 3 is 2.24 bits per heavy atom. The van der Waals surface area contributed by atoms with Gasteiger partial charge < -0.3 is 15.1 Å². The number of aromatic nitrogens is 5. The average Bonchev–Trinajstić information content (AvgIpc) is 3.43. The highest BCUT2D eigenvalue weighted by atomic mass is 15.4. The number of likely N-dealkylation sites (N-methyl/N-ethyl adjacent to an activating group) is 1. The van der Waals surface area contributed by atoms with Crippen molar-refractivity contribution in [2.24, 2.45) is 0 Å². The van der Waals surface area contributed by atoms with Gasteiger partial charge in [-0.05, 0) is 43.0 Å².